The maximum Gasteiger partial charge on any atom is 0.263 e. The second kappa shape index (κ2) is 5.79. The van der Waals surface area contributed by atoms with Crippen molar-refractivity contribution in [3.8, 4) is 0 Å². The average molecular weight is 381 g/mol. The second-order valence-corrected chi connectivity index (χ2v) is 7.72. The first-order chi connectivity index (χ1) is 10.0. The summed E-state index contributed by atoms with van der Waals surface area (Å²) in [6.45, 7) is 2.55. The third kappa shape index (κ3) is 2.97. The van der Waals surface area contributed by atoms with Crippen LogP contribution in [0.5, 0.6) is 0 Å². The summed E-state index contributed by atoms with van der Waals surface area (Å²) in [7, 11) is 0. The molecule has 2 heterocycles. The molecule has 3 rings (SSSR count). The summed E-state index contributed by atoms with van der Waals surface area (Å²) >= 11 is 6.46. The quantitative estimate of drug-likeness (QED) is 0.700. The average Bonchev–Trinajstić information content (AvgIpc) is 3.00. The Balaban J connectivity index is 1.82. The molecular formula is C15H13BrN2OS2. The highest BCUT2D eigenvalue weighted by Crippen LogP contribution is 2.34. The van der Waals surface area contributed by atoms with E-state index in [4.69, 9.17) is 5.73 Å². The van der Waals surface area contributed by atoms with Gasteiger partial charge in [0.05, 0.1) is 12.2 Å². The molecule has 0 spiro atoms. The van der Waals surface area contributed by atoms with Crippen LogP contribution in [0.25, 0.3) is 10.1 Å². The number of amides is 1. The van der Waals surface area contributed by atoms with E-state index in [0.29, 0.717) is 17.1 Å². The van der Waals surface area contributed by atoms with Crippen LogP contribution >= 0.6 is 38.6 Å². The monoisotopic (exact) mass is 380 g/mol. The second-order valence-electron chi connectivity index (χ2n) is 4.76. The molecule has 3 nitrogen and oxygen atoms in total. The van der Waals surface area contributed by atoms with Crippen molar-refractivity contribution in [1.82, 2.24) is 5.32 Å². The van der Waals surface area contributed by atoms with Gasteiger partial charge in [0, 0.05) is 24.8 Å². The molecular weight excluding hydrogens is 368 g/mol. The molecule has 0 aliphatic carbocycles. The lowest BCUT2D eigenvalue weighted by molar-refractivity contribution is 0.0956. The summed E-state index contributed by atoms with van der Waals surface area (Å²) in [6, 6.07) is 8.05. The minimum atomic E-state index is -0.115. The van der Waals surface area contributed by atoms with Gasteiger partial charge in [-0.3, -0.25) is 4.79 Å². The van der Waals surface area contributed by atoms with Crippen molar-refractivity contribution in [2.45, 2.75) is 13.5 Å². The van der Waals surface area contributed by atoms with E-state index in [-0.39, 0.29) is 5.91 Å². The van der Waals surface area contributed by atoms with Crippen LogP contribution in [0.2, 0.25) is 0 Å². The SMILES string of the molecule is Cc1ccc2c(N)c(C(=O)NCc3cc(Br)cs3)sc2c1. The van der Waals surface area contributed by atoms with Gasteiger partial charge >= 0.3 is 0 Å². The van der Waals surface area contributed by atoms with E-state index in [1.165, 1.54) is 16.9 Å². The standard InChI is InChI=1S/C15H13BrN2OS2/c1-8-2-3-11-12(4-8)21-14(13(11)17)15(19)18-6-10-5-9(16)7-20-10/h2-5,7H,6,17H2,1H3,(H,18,19). The summed E-state index contributed by atoms with van der Waals surface area (Å²) in [4.78, 5) is 14.0. The maximum atomic E-state index is 12.3. The molecule has 0 aliphatic rings. The number of carbonyl (C=O) groups is 1. The number of benzene rings is 1. The van der Waals surface area contributed by atoms with Crippen molar-refractivity contribution < 1.29 is 4.79 Å². The van der Waals surface area contributed by atoms with Crippen LogP contribution < -0.4 is 11.1 Å². The molecule has 2 aromatic heterocycles. The van der Waals surface area contributed by atoms with E-state index in [1.807, 2.05) is 30.5 Å². The highest BCUT2D eigenvalue weighted by atomic mass is 79.9. The number of aryl methyl sites for hydroxylation is 1. The van der Waals surface area contributed by atoms with Crippen LogP contribution in [0.3, 0.4) is 0 Å². The summed E-state index contributed by atoms with van der Waals surface area (Å²) in [5, 5.41) is 5.88. The number of anilines is 1. The summed E-state index contributed by atoms with van der Waals surface area (Å²) in [6.07, 6.45) is 0. The zero-order valence-corrected chi connectivity index (χ0v) is 14.5. The summed E-state index contributed by atoms with van der Waals surface area (Å²) < 4.78 is 2.09. The molecule has 6 heteroatoms. The first-order valence-corrected chi connectivity index (χ1v) is 8.83. The Morgan fingerprint density at radius 2 is 2.19 bits per heavy atom. The molecule has 21 heavy (non-hydrogen) atoms. The fraction of sp³-hybridized carbons (Fsp3) is 0.133. The molecule has 0 radical (unpaired) electrons. The van der Waals surface area contributed by atoms with E-state index in [9.17, 15) is 4.79 Å². The van der Waals surface area contributed by atoms with Crippen LogP contribution in [-0.4, -0.2) is 5.91 Å². The molecule has 0 unspecified atom stereocenters. The van der Waals surface area contributed by atoms with Crippen molar-refractivity contribution in [2.24, 2.45) is 0 Å². The highest BCUT2D eigenvalue weighted by molar-refractivity contribution is 9.10. The summed E-state index contributed by atoms with van der Waals surface area (Å²) in [5.74, 6) is -0.115. The largest absolute Gasteiger partial charge is 0.397 e. The van der Waals surface area contributed by atoms with Crippen molar-refractivity contribution in [3.05, 3.63) is 49.4 Å². The summed E-state index contributed by atoms with van der Waals surface area (Å²) in [5.41, 5.74) is 7.84. The third-order valence-electron chi connectivity index (χ3n) is 3.14. The van der Waals surface area contributed by atoms with Crippen LogP contribution in [0.4, 0.5) is 5.69 Å². The third-order valence-corrected chi connectivity index (χ3v) is 6.00. The highest BCUT2D eigenvalue weighted by Gasteiger charge is 2.16. The number of carbonyl (C=O) groups excluding carboxylic acids is 1. The Hall–Kier alpha value is -1.37. The van der Waals surface area contributed by atoms with E-state index < -0.39 is 0 Å². The first-order valence-electron chi connectivity index (χ1n) is 6.34. The minimum absolute atomic E-state index is 0.115. The van der Waals surface area contributed by atoms with Gasteiger partial charge in [-0.2, -0.15) is 0 Å². The number of hydrogen-bond donors (Lipinski definition) is 2. The molecule has 1 amide bonds. The fourth-order valence-corrected chi connectivity index (χ4v) is 4.61. The van der Waals surface area contributed by atoms with Crippen molar-refractivity contribution >= 4 is 60.3 Å². The number of hydrogen-bond acceptors (Lipinski definition) is 4. The normalized spacial score (nSPS) is 11.0. The van der Waals surface area contributed by atoms with E-state index in [1.54, 1.807) is 11.3 Å². The van der Waals surface area contributed by atoms with Gasteiger partial charge in [-0.1, -0.05) is 12.1 Å². The van der Waals surface area contributed by atoms with Gasteiger partial charge in [0.25, 0.3) is 5.91 Å². The van der Waals surface area contributed by atoms with Crippen molar-refractivity contribution in [3.63, 3.8) is 0 Å². The number of halogens is 1. The lowest BCUT2D eigenvalue weighted by Crippen LogP contribution is -2.22. The van der Waals surface area contributed by atoms with Gasteiger partial charge in [0.2, 0.25) is 0 Å². The lowest BCUT2D eigenvalue weighted by Gasteiger charge is -2.02. The Kier molecular flexibility index (Phi) is 4.01. The Morgan fingerprint density at radius 3 is 2.90 bits per heavy atom. The number of thiophene rings is 2. The number of nitrogens with one attached hydrogen (secondary N) is 1. The minimum Gasteiger partial charge on any atom is -0.397 e. The molecule has 0 saturated heterocycles. The van der Waals surface area contributed by atoms with Gasteiger partial charge in [-0.15, -0.1) is 22.7 Å². The van der Waals surface area contributed by atoms with Gasteiger partial charge in [0.15, 0.2) is 0 Å². The maximum absolute atomic E-state index is 12.3. The Bertz CT molecular complexity index is 822. The van der Waals surface area contributed by atoms with Crippen LogP contribution in [0, 0.1) is 6.92 Å². The van der Waals surface area contributed by atoms with E-state index in [0.717, 1.165) is 19.4 Å². The predicted molar refractivity (Wildman–Crippen MR) is 94.2 cm³/mol. The van der Waals surface area contributed by atoms with Crippen LogP contribution in [0.15, 0.2) is 34.1 Å². The molecule has 0 fully saturated rings. The zero-order valence-electron chi connectivity index (χ0n) is 11.3. The molecule has 108 valence electrons. The number of fused-ring (bicyclic) bond motifs is 1. The van der Waals surface area contributed by atoms with Crippen LogP contribution in [0.1, 0.15) is 20.1 Å². The van der Waals surface area contributed by atoms with Crippen LogP contribution in [-0.2, 0) is 6.54 Å². The van der Waals surface area contributed by atoms with E-state index >= 15 is 0 Å². The molecule has 0 bridgehead atoms. The molecule has 3 aromatic rings. The zero-order chi connectivity index (χ0) is 15.0. The van der Waals surface area contributed by atoms with Crippen molar-refractivity contribution in [2.75, 3.05) is 5.73 Å². The molecule has 1 aromatic carbocycles. The van der Waals surface area contributed by atoms with Gasteiger partial charge in [-0.05, 0) is 40.5 Å². The number of rotatable bonds is 3. The molecule has 0 saturated carbocycles. The smallest absolute Gasteiger partial charge is 0.263 e. The Morgan fingerprint density at radius 1 is 1.38 bits per heavy atom. The molecule has 0 atom stereocenters. The van der Waals surface area contributed by atoms with Gasteiger partial charge in [0.1, 0.15) is 4.88 Å². The fourth-order valence-electron chi connectivity index (χ4n) is 2.09. The lowest BCUT2D eigenvalue weighted by atomic mass is 10.1. The molecule has 3 N–H and O–H groups in total. The van der Waals surface area contributed by atoms with Gasteiger partial charge in [-0.25, -0.2) is 0 Å². The van der Waals surface area contributed by atoms with E-state index in [2.05, 4.69) is 27.3 Å². The number of nitrogen functional groups attached to an aromatic ring is 1. The molecule has 0 aliphatic heterocycles. The van der Waals surface area contributed by atoms with Crippen molar-refractivity contribution in [1.29, 1.82) is 0 Å². The first kappa shape index (κ1) is 14.6. The number of nitrogens with two attached hydrogens (primary N) is 1. The topological polar surface area (TPSA) is 55.1 Å². The Labute approximate surface area is 138 Å². The van der Waals surface area contributed by atoms with Gasteiger partial charge < -0.3 is 11.1 Å². The predicted octanol–water partition coefficient (Wildman–Crippen LogP) is 4.55.